The molecule has 1 aliphatic rings. The van der Waals surface area contributed by atoms with E-state index in [0.29, 0.717) is 6.54 Å². The van der Waals surface area contributed by atoms with Crippen LogP contribution < -0.4 is 0 Å². The van der Waals surface area contributed by atoms with E-state index in [0.717, 1.165) is 0 Å². The van der Waals surface area contributed by atoms with Crippen molar-refractivity contribution in [3.8, 4) is 0 Å². The van der Waals surface area contributed by atoms with Gasteiger partial charge in [-0.25, -0.2) is 0 Å². The molecule has 0 radical (unpaired) electrons. The zero-order valence-corrected chi connectivity index (χ0v) is 4.66. The maximum atomic E-state index is 10.5. The molecule has 0 aromatic carbocycles. The molecule has 8 heavy (non-hydrogen) atoms. The van der Waals surface area contributed by atoms with Crippen LogP contribution in [0.15, 0.2) is 4.99 Å². The molecule has 1 aliphatic heterocycles. The van der Waals surface area contributed by atoms with Crippen LogP contribution in [0.25, 0.3) is 0 Å². The number of nitrogens with zero attached hydrogens (tertiary/aromatic N) is 2. The van der Waals surface area contributed by atoms with Gasteiger partial charge < -0.3 is 0 Å². The normalized spacial score (nSPS) is 17.1. The van der Waals surface area contributed by atoms with Crippen LogP contribution in [0.3, 0.4) is 0 Å². The van der Waals surface area contributed by atoms with E-state index < -0.39 is 0 Å². The minimum atomic E-state index is -0.160. The SMILES string of the molecule is CC[N+]1=CC=NC1=O. The fourth-order valence-electron chi connectivity index (χ4n) is 0.556. The number of carbonyl (C=O) groups is 1. The van der Waals surface area contributed by atoms with Crippen molar-refractivity contribution in [2.75, 3.05) is 6.54 Å². The lowest BCUT2D eigenvalue weighted by Crippen LogP contribution is -2.12. The van der Waals surface area contributed by atoms with Gasteiger partial charge in [-0.3, -0.25) is 0 Å². The predicted octanol–water partition coefficient (Wildman–Crippen LogP) is 0.294. The second-order valence-corrected chi connectivity index (χ2v) is 1.50. The van der Waals surface area contributed by atoms with Gasteiger partial charge in [0.2, 0.25) is 0 Å². The molecular formula is C5H7N2O+. The largest absolute Gasteiger partial charge is 0.539 e. The number of rotatable bonds is 1. The highest BCUT2D eigenvalue weighted by molar-refractivity contribution is 6.20. The van der Waals surface area contributed by atoms with Gasteiger partial charge in [0.05, 0.1) is 6.54 Å². The third kappa shape index (κ3) is 0.665. The Bertz CT molecular complexity index is 169. The molecule has 42 valence electrons. The molecule has 0 fully saturated rings. The zero-order chi connectivity index (χ0) is 5.98. The van der Waals surface area contributed by atoms with Gasteiger partial charge in [-0.15, -0.1) is 0 Å². The number of aliphatic imine (C=N–C) groups is 1. The summed E-state index contributed by atoms with van der Waals surface area (Å²) in [7, 11) is 0. The Kier molecular flexibility index (Phi) is 1.20. The Hall–Kier alpha value is -0.990. The van der Waals surface area contributed by atoms with Crippen LogP contribution in [0.5, 0.6) is 0 Å². The first-order valence-corrected chi connectivity index (χ1v) is 2.52. The van der Waals surface area contributed by atoms with E-state index in [1.807, 2.05) is 6.92 Å². The number of carbonyl (C=O) groups excluding carboxylic acids is 1. The van der Waals surface area contributed by atoms with Crippen molar-refractivity contribution in [1.82, 2.24) is 0 Å². The number of urea groups is 1. The van der Waals surface area contributed by atoms with Crippen molar-refractivity contribution in [1.29, 1.82) is 0 Å². The van der Waals surface area contributed by atoms with E-state index in [9.17, 15) is 4.79 Å². The van der Waals surface area contributed by atoms with Crippen LogP contribution in [0.4, 0.5) is 4.79 Å². The Morgan fingerprint density at radius 1 is 1.88 bits per heavy atom. The maximum Gasteiger partial charge on any atom is 0.539 e. The van der Waals surface area contributed by atoms with E-state index in [-0.39, 0.29) is 6.03 Å². The number of amides is 2. The Labute approximate surface area is 47.4 Å². The molecular weight excluding hydrogens is 104 g/mol. The van der Waals surface area contributed by atoms with E-state index in [1.165, 1.54) is 6.21 Å². The summed E-state index contributed by atoms with van der Waals surface area (Å²) in [4.78, 5) is 14.0. The fraction of sp³-hybridized carbons (Fsp3) is 0.400. The van der Waals surface area contributed by atoms with Crippen LogP contribution in [0.1, 0.15) is 6.92 Å². The number of hydrogen-bond donors (Lipinski definition) is 0. The van der Waals surface area contributed by atoms with Gasteiger partial charge >= 0.3 is 6.03 Å². The summed E-state index contributed by atoms with van der Waals surface area (Å²) in [6, 6.07) is -0.160. The highest BCUT2D eigenvalue weighted by atomic mass is 16.2. The minimum Gasteiger partial charge on any atom is -0.193 e. The summed E-state index contributed by atoms with van der Waals surface area (Å²) < 4.78 is 1.54. The molecule has 0 aromatic heterocycles. The van der Waals surface area contributed by atoms with Gasteiger partial charge in [0, 0.05) is 0 Å². The maximum absolute atomic E-state index is 10.5. The van der Waals surface area contributed by atoms with Gasteiger partial charge in [0.15, 0.2) is 6.21 Å². The Balaban J connectivity index is 2.73. The molecule has 2 amide bonds. The summed E-state index contributed by atoms with van der Waals surface area (Å²) in [6.07, 6.45) is 3.17. The van der Waals surface area contributed by atoms with Crippen LogP contribution in [-0.2, 0) is 0 Å². The standard InChI is InChI=1S/C5H7N2O/c1-2-7-4-3-6-5(7)8/h3-4H,2H2,1H3/q+1. The quantitative estimate of drug-likeness (QED) is 0.448. The van der Waals surface area contributed by atoms with Gasteiger partial charge in [0.1, 0.15) is 6.21 Å². The first-order valence-electron chi connectivity index (χ1n) is 2.52. The third-order valence-corrected chi connectivity index (χ3v) is 1.02. The average Bonchev–Trinajstić information content (AvgIpc) is 2.14. The Morgan fingerprint density at radius 3 is 2.88 bits per heavy atom. The lowest BCUT2D eigenvalue weighted by Gasteiger charge is -1.84. The van der Waals surface area contributed by atoms with E-state index in [4.69, 9.17) is 0 Å². The summed E-state index contributed by atoms with van der Waals surface area (Å²) in [5.41, 5.74) is 0. The molecule has 0 saturated carbocycles. The summed E-state index contributed by atoms with van der Waals surface area (Å²) in [5, 5.41) is 0. The molecule has 0 aromatic rings. The first-order chi connectivity index (χ1) is 3.84. The van der Waals surface area contributed by atoms with Crippen molar-refractivity contribution in [3.05, 3.63) is 0 Å². The molecule has 1 rings (SSSR count). The van der Waals surface area contributed by atoms with E-state index in [2.05, 4.69) is 4.99 Å². The molecule has 0 spiro atoms. The Morgan fingerprint density at radius 2 is 2.62 bits per heavy atom. The summed E-state index contributed by atoms with van der Waals surface area (Å²) in [6.45, 7) is 2.61. The molecule has 0 N–H and O–H groups in total. The molecule has 3 heteroatoms. The summed E-state index contributed by atoms with van der Waals surface area (Å²) >= 11 is 0. The van der Waals surface area contributed by atoms with Crippen molar-refractivity contribution in [2.24, 2.45) is 4.99 Å². The fourth-order valence-corrected chi connectivity index (χ4v) is 0.556. The molecule has 0 bridgehead atoms. The molecule has 3 nitrogen and oxygen atoms in total. The second-order valence-electron chi connectivity index (χ2n) is 1.50. The van der Waals surface area contributed by atoms with Crippen molar-refractivity contribution >= 4 is 18.5 Å². The van der Waals surface area contributed by atoms with Crippen LogP contribution >= 0.6 is 0 Å². The topological polar surface area (TPSA) is 32.4 Å². The van der Waals surface area contributed by atoms with Crippen LogP contribution in [0.2, 0.25) is 0 Å². The predicted molar refractivity (Wildman–Crippen MR) is 30.8 cm³/mol. The van der Waals surface area contributed by atoms with E-state index >= 15 is 0 Å². The average molecular weight is 111 g/mol. The third-order valence-electron chi connectivity index (χ3n) is 1.02. The number of hydrogen-bond acceptors (Lipinski definition) is 1. The van der Waals surface area contributed by atoms with Crippen LogP contribution in [0, 0.1) is 0 Å². The lowest BCUT2D eigenvalue weighted by atomic mass is 10.7. The van der Waals surface area contributed by atoms with Crippen LogP contribution in [-0.4, -0.2) is 29.6 Å². The second kappa shape index (κ2) is 1.86. The van der Waals surface area contributed by atoms with E-state index in [1.54, 1.807) is 10.8 Å². The lowest BCUT2D eigenvalue weighted by molar-refractivity contribution is -0.412. The zero-order valence-electron chi connectivity index (χ0n) is 4.66. The molecule has 0 aliphatic carbocycles. The van der Waals surface area contributed by atoms with Crippen molar-refractivity contribution in [2.45, 2.75) is 6.92 Å². The highest BCUT2D eigenvalue weighted by Crippen LogP contribution is 1.85. The molecule has 1 heterocycles. The highest BCUT2D eigenvalue weighted by Gasteiger charge is 2.16. The minimum absolute atomic E-state index is 0.160. The summed E-state index contributed by atoms with van der Waals surface area (Å²) in [5.74, 6) is 0. The monoisotopic (exact) mass is 111 g/mol. The molecule has 0 saturated heterocycles. The van der Waals surface area contributed by atoms with Gasteiger partial charge in [-0.2, -0.15) is 9.37 Å². The molecule has 0 unspecified atom stereocenters. The van der Waals surface area contributed by atoms with Gasteiger partial charge in [-0.1, -0.05) is 0 Å². The van der Waals surface area contributed by atoms with Gasteiger partial charge in [-0.05, 0) is 11.9 Å². The van der Waals surface area contributed by atoms with Gasteiger partial charge in [0.25, 0.3) is 0 Å². The molecule has 0 atom stereocenters. The first kappa shape index (κ1) is 5.15. The smallest absolute Gasteiger partial charge is 0.193 e. The van der Waals surface area contributed by atoms with Crippen molar-refractivity contribution in [3.63, 3.8) is 0 Å². The van der Waals surface area contributed by atoms with Crippen molar-refractivity contribution < 1.29 is 9.37 Å².